The average molecular weight is 282 g/mol. The Kier molecular flexibility index (Phi) is 4.25. The van der Waals surface area contributed by atoms with Crippen LogP contribution in [0.5, 0.6) is 0 Å². The molecular weight excluding hydrogens is 256 g/mol. The Morgan fingerprint density at radius 2 is 1.95 bits per heavy atom. The van der Waals surface area contributed by atoms with E-state index in [1.165, 1.54) is 6.42 Å². The van der Waals surface area contributed by atoms with Gasteiger partial charge in [0.1, 0.15) is 0 Å². The van der Waals surface area contributed by atoms with Crippen molar-refractivity contribution in [2.24, 2.45) is 17.3 Å². The fourth-order valence-corrected chi connectivity index (χ4v) is 3.46. The van der Waals surface area contributed by atoms with Crippen LogP contribution in [0.1, 0.15) is 46.5 Å². The van der Waals surface area contributed by atoms with Crippen LogP contribution in [0.2, 0.25) is 0 Å². The highest BCUT2D eigenvalue weighted by Gasteiger charge is 2.39. The second kappa shape index (κ2) is 5.62. The summed E-state index contributed by atoms with van der Waals surface area (Å²) >= 11 is 0. The number of aliphatic carboxylic acids is 1. The zero-order valence-electron chi connectivity index (χ0n) is 12.7. The Labute approximate surface area is 120 Å². The number of rotatable bonds is 2. The van der Waals surface area contributed by atoms with Gasteiger partial charge in [0.05, 0.1) is 5.92 Å². The lowest BCUT2D eigenvalue weighted by atomic mass is 9.73. The maximum atomic E-state index is 12.3. The van der Waals surface area contributed by atoms with E-state index in [0.717, 1.165) is 19.3 Å². The monoisotopic (exact) mass is 282 g/mol. The molecule has 1 saturated carbocycles. The Balaban J connectivity index is 1.94. The summed E-state index contributed by atoms with van der Waals surface area (Å²) in [5.41, 5.74) is 0.130. The normalized spacial score (nSPS) is 33.0. The van der Waals surface area contributed by atoms with Crippen LogP contribution in [0.25, 0.3) is 0 Å². The van der Waals surface area contributed by atoms with Crippen molar-refractivity contribution in [3.05, 3.63) is 0 Å². The molecule has 20 heavy (non-hydrogen) atoms. The number of carbonyl (C=O) groups excluding carboxylic acids is 1. The number of carboxylic acids is 1. The van der Waals surface area contributed by atoms with E-state index in [9.17, 15) is 9.59 Å². The molecule has 2 amide bonds. The standard InChI is InChI=1S/C15H26N2O3/c1-10-8-17(9-11(10)13(18)19)14(20)16-12-6-4-5-7-15(12,2)3/h10-12H,4-9H2,1-3H3,(H,16,20)(H,18,19). The van der Waals surface area contributed by atoms with E-state index in [4.69, 9.17) is 5.11 Å². The highest BCUT2D eigenvalue weighted by atomic mass is 16.4. The van der Waals surface area contributed by atoms with Crippen LogP contribution in [0.3, 0.4) is 0 Å². The van der Waals surface area contributed by atoms with Crippen LogP contribution in [0, 0.1) is 17.3 Å². The van der Waals surface area contributed by atoms with Crippen LogP contribution >= 0.6 is 0 Å². The van der Waals surface area contributed by atoms with Gasteiger partial charge in [-0.15, -0.1) is 0 Å². The van der Waals surface area contributed by atoms with Gasteiger partial charge in [0.2, 0.25) is 0 Å². The zero-order chi connectivity index (χ0) is 14.9. The van der Waals surface area contributed by atoms with Crippen LogP contribution in [0.4, 0.5) is 4.79 Å². The molecule has 2 N–H and O–H groups in total. The molecule has 1 saturated heterocycles. The molecule has 5 nitrogen and oxygen atoms in total. The summed E-state index contributed by atoms with van der Waals surface area (Å²) in [7, 11) is 0. The summed E-state index contributed by atoms with van der Waals surface area (Å²) < 4.78 is 0. The van der Waals surface area contributed by atoms with Gasteiger partial charge < -0.3 is 15.3 Å². The molecule has 0 bridgehead atoms. The molecule has 0 aromatic heterocycles. The van der Waals surface area contributed by atoms with Gasteiger partial charge in [-0.05, 0) is 24.2 Å². The number of carboxylic acid groups (broad SMARTS) is 1. The minimum Gasteiger partial charge on any atom is -0.481 e. The lowest BCUT2D eigenvalue weighted by Gasteiger charge is -2.39. The molecule has 0 aromatic rings. The van der Waals surface area contributed by atoms with Crippen LogP contribution < -0.4 is 5.32 Å². The SMILES string of the molecule is CC1CN(C(=O)NC2CCCCC2(C)C)CC1C(=O)O. The maximum Gasteiger partial charge on any atom is 0.317 e. The Morgan fingerprint density at radius 1 is 1.25 bits per heavy atom. The molecule has 1 aliphatic carbocycles. The van der Waals surface area contributed by atoms with Gasteiger partial charge in [0, 0.05) is 19.1 Å². The van der Waals surface area contributed by atoms with Crippen LogP contribution in [-0.4, -0.2) is 41.1 Å². The smallest absolute Gasteiger partial charge is 0.317 e. The number of nitrogens with zero attached hydrogens (tertiary/aromatic N) is 1. The van der Waals surface area contributed by atoms with Crippen LogP contribution in [0.15, 0.2) is 0 Å². The first-order valence-electron chi connectivity index (χ1n) is 7.59. The lowest BCUT2D eigenvalue weighted by Crippen LogP contribution is -2.51. The maximum absolute atomic E-state index is 12.3. The van der Waals surface area contributed by atoms with E-state index in [2.05, 4.69) is 19.2 Å². The molecular formula is C15H26N2O3. The molecule has 0 radical (unpaired) electrons. The van der Waals surface area contributed by atoms with Crippen molar-refractivity contribution in [2.75, 3.05) is 13.1 Å². The van der Waals surface area contributed by atoms with E-state index < -0.39 is 11.9 Å². The zero-order valence-corrected chi connectivity index (χ0v) is 12.7. The van der Waals surface area contributed by atoms with Gasteiger partial charge in [0.25, 0.3) is 0 Å². The minimum absolute atomic E-state index is 0.0256. The van der Waals surface area contributed by atoms with Crippen molar-refractivity contribution in [2.45, 2.75) is 52.5 Å². The summed E-state index contributed by atoms with van der Waals surface area (Å²) in [6.07, 6.45) is 4.53. The topological polar surface area (TPSA) is 69.6 Å². The molecule has 0 spiro atoms. The number of urea groups is 1. The molecule has 114 valence electrons. The van der Waals surface area contributed by atoms with Crippen molar-refractivity contribution in [3.8, 4) is 0 Å². The predicted octanol–water partition coefficient (Wildman–Crippen LogP) is 2.32. The van der Waals surface area contributed by atoms with E-state index in [0.29, 0.717) is 13.1 Å². The summed E-state index contributed by atoms with van der Waals surface area (Å²) in [4.78, 5) is 25.1. The predicted molar refractivity (Wildman–Crippen MR) is 76.4 cm³/mol. The van der Waals surface area contributed by atoms with Gasteiger partial charge in [-0.25, -0.2) is 4.79 Å². The molecule has 3 unspecified atom stereocenters. The third kappa shape index (κ3) is 3.07. The van der Waals surface area contributed by atoms with E-state index >= 15 is 0 Å². The van der Waals surface area contributed by atoms with E-state index in [-0.39, 0.29) is 23.4 Å². The minimum atomic E-state index is -0.800. The van der Waals surface area contributed by atoms with Gasteiger partial charge >= 0.3 is 12.0 Å². The van der Waals surface area contributed by atoms with E-state index in [1.807, 2.05) is 6.92 Å². The molecule has 2 rings (SSSR count). The lowest BCUT2D eigenvalue weighted by molar-refractivity contribution is -0.142. The first-order valence-corrected chi connectivity index (χ1v) is 7.59. The first-order chi connectivity index (χ1) is 9.31. The second-order valence-corrected chi connectivity index (χ2v) is 7.06. The summed E-state index contributed by atoms with van der Waals surface area (Å²) in [5.74, 6) is -1.21. The third-order valence-electron chi connectivity index (χ3n) is 5.02. The van der Waals surface area contributed by atoms with Gasteiger partial charge in [0.15, 0.2) is 0 Å². The first kappa shape index (κ1) is 15.1. The largest absolute Gasteiger partial charge is 0.481 e. The fraction of sp³-hybridized carbons (Fsp3) is 0.867. The number of amides is 2. The number of likely N-dealkylation sites (tertiary alicyclic amines) is 1. The third-order valence-corrected chi connectivity index (χ3v) is 5.02. The summed E-state index contributed by atoms with van der Waals surface area (Å²) in [6, 6.07) is 0.100. The Bertz CT molecular complexity index is 395. The van der Waals surface area contributed by atoms with Crippen LogP contribution in [-0.2, 0) is 4.79 Å². The van der Waals surface area contributed by atoms with Gasteiger partial charge in [-0.2, -0.15) is 0 Å². The van der Waals surface area contributed by atoms with Crippen molar-refractivity contribution in [1.82, 2.24) is 10.2 Å². The van der Waals surface area contributed by atoms with E-state index in [1.54, 1.807) is 4.90 Å². The molecule has 1 heterocycles. The number of hydrogen-bond acceptors (Lipinski definition) is 2. The second-order valence-electron chi connectivity index (χ2n) is 7.06. The molecule has 5 heteroatoms. The van der Waals surface area contributed by atoms with Crippen molar-refractivity contribution in [3.63, 3.8) is 0 Å². The number of nitrogens with one attached hydrogen (secondary N) is 1. The average Bonchev–Trinajstić information content (AvgIpc) is 2.74. The van der Waals surface area contributed by atoms with Gasteiger partial charge in [-0.1, -0.05) is 33.6 Å². The highest BCUT2D eigenvalue weighted by molar-refractivity contribution is 5.78. The Morgan fingerprint density at radius 3 is 2.50 bits per heavy atom. The van der Waals surface area contributed by atoms with Crippen molar-refractivity contribution in [1.29, 1.82) is 0 Å². The number of carbonyl (C=O) groups is 2. The molecule has 2 fully saturated rings. The quantitative estimate of drug-likeness (QED) is 0.816. The number of hydrogen-bond donors (Lipinski definition) is 2. The molecule has 2 aliphatic rings. The van der Waals surface area contributed by atoms with Crippen molar-refractivity contribution >= 4 is 12.0 Å². The Hall–Kier alpha value is -1.26. The van der Waals surface area contributed by atoms with Gasteiger partial charge in [-0.3, -0.25) is 4.79 Å². The molecule has 1 aliphatic heterocycles. The molecule has 3 atom stereocenters. The summed E-state index contributed by atoms with van der Waals surface area (Å²) in [6.45, 7) is 7.16. The molecule has 0 aromatic carbocycles. The highest BCUT2D eigenvalue weighted by Crippen LogP contribution is 2.35. The fourth-order valence-electron chi connectivity index (χ4n) is 3.46. The van der Waals surface area contributed by atoms with Crippen molar-refractivity contribution < 1.29 is 14.7 Å². The summed E-state index contributed by atoms with van der Waals surface area (Å²) in [5, 5.41) is 12.3.